The van der Waals surface area contributed by atoms with Crippen LogP contribution >= 0.6 is 0 Å². The first-order valence-corrected chi connectivity index (χ1v) is 6.93. The van der Waals surface area contributed by atoms with Gasteiger partial charge in [0.1, 0.15) is 5.75 Å². The van der Waals surface area contributed by atoms with Crippen LogP contribution in [0, 0.1) is 17.8 Å². The lowest BCUT2D eigenvalue weighted by Gasteiger charge is -2.22. The van der Waals surface area contributed by atoms with Crippen LogP contribution < -0.4 is 15.8 Å². The molecule has 3 unspecified atom stereocenters. The van der Waals surface area contributed by atoms with Gasteiger partial charge in [0.05, 0.1) is 18.5 Å². The number of hydrogen-bond acceptors (Lipinski definition) is 3. The van der Waals surface area contributed by atoms with E-state index in [1.807, 2.05) is 18.2 Å². The minimum Gasteiger partial charge on any atom is -0.497 e. The van der Waals surface area contributed by atoms with Crippen molar-refractivity contribution in [2.24, 2.45) is 17.8 Å². The second-order valence-corrected chi connectivity index (χ2v) is 5.77. The number of ether oxygens (including phenoxy) is 1. The maximum Gasteiger partial charge on any atom is 0.121 e. The van der Waals surface area contributed by atoms with Crippen LogP contribution in [-0.4, -0.2) is 13.7 Å². The molecular formula is C15H22N2O. The van der Waals surface area contributed by atoms with Gasteiger partial charge in [-0.3, -0.25) is 0 Å². The number of hydrogen-bond donors (Lipinski definition) is 2. The van der Waals surface area contributed by atoms with Gasteiger partial charge in [0.15, 0.2) is 0 Å². The first kappa shape index (κ1) is 11.7. The van der Waals surface area contributed by atoms with Crippen LogP contribution in [0.1, 0.15) is 25.7 Å². The summed E-state index contributed by atoms with van der Waals surface area (Å²) in [5.74, 6) is 3.64. The van der Waals surface area contributed by atoms with Gasteiger partial charge < -0.3 is 15.8 Å². The monoisotopic (exact) mass is 246 g/mol. The maximum atomic E-state index is 6.02. The first-order chi connectivity index (χ1) is 8.76. The molecule has 18 heavy (non-hydrogen) atoms. The molecule has 3 nitrogen and oxygen atoms in total. The summed E-state index contributed by atoms with van der Waals surface area (Å²) in [5.41, 5.74) is 7.83. The van der Waals surface area contributed by atoms with E-state index in [2.05, 4.69) is 5.32 Å². The molecule has 2 aliphatic rings. The molecule has 0 aliphatic heterocycles. The van der Waals surface area contributed by atoms with E-state index < -0.39 is 0 Å². The molecule has 1 aromatic rings. The van der Waals surface area contributed by atoms with Crippen LogP contribution in [-0.2, 0) is 0 Å². The Hall–Kier alpha value is -1.38. The number of fused-ring (bicyclic) bond motifs is 2. The summed E-state index contributed by atoms with van der Waals surface area (Å²) in [6, 6.07) is 5.85. The molecule has 3 N–H and O–H groups in total. The van der Waals surface area contributed by atoms with Gasteiger partial charge in [0.25, 0.3) is 0 Å². The molecule has 3 atom stereocenters. The zero-order valence-electron chi connectivity index (χ0n) is 11.0. The van der Waals surface area contributed by atoms with E-state index in [-0.39, 0.29) is 0 Å². The second-order valence-electron chi connectivity index (χ2n) is 5.77. The summed E-state index contributed by atoms with van der Waals surface area (Å²) in [4.78, 5) is 0. The standard InChI is InChI=1S/C15H22N2O/c1-18-13-4-5-15(14(16)8-13)17-9-12-7-10-2-3-11(12)6-10/h4-5,8,10-12,17H,2-3,6-7,9,16H2,1H3. The van der Waals surface area contributed by atoms with E-state index in [0.29, 0.717) is 0 Å². The van der Waals surface area contributed by atoms with Crippen LogP contribution in [0.2, 0.25) is 0 Å². The molecule has 0 saturated heterocycles. The van der Waals surface area contributed by atoms with Gasteiger partial charge in [-0.05, 0) is 49.1 Å². The largest absolute Gasteiger partial charge is 0.497 e. The SMILES string of the molecule is COc1ccc(NCC2CC3CCC2C3)c(N)c1. The topological polar surface area (TPSA) is 47.3 Å². The summed E-state index contributed by atoms with van der Waals surface area (Å²) < 4.78 is 5.16. The van der Waals surface area contributed by atoms with E-state index in [1.165, 1.54) is 25.7 Å². The Morgan fingerprint density at radius 1 is 1.33 bits per heavy atom. The molecule has 3 rings (SSSR count). The number of benzene rings is 1. The Bertz CT molecular complexity index is 433. The fourth-order valence-corrected chi connectivity index (χ4v) is 3.70. The van der Waals surface area contributed by atoms with Crippen molar-refractivity contribution < 1.29 is 4.74 Å². The molecule has 0 aromatic heterocycles. The molecular weight excluding hydrogens is 224 g/mol. The molecule has 2 saturated carbocycles. The predicted octanol–water partition coefficient (Wildman–Crippen LogP) is 3.13. The van der Waals surface area contributed by atoms with E-state index in [1.54, 1.807) is 7.11 Å². The zero-order chi connectivity index (χ0) is 12.5. The van der Waals surface area contributed by atoms with Gasteiger partial charge in [0, 0.05) is 12.6 Å². The van der Waals surface area contributed by atoms with Crippen molar-refractivity contribution in [3.8, 4) is 5.75 Å². The Balaban J connectivity index is 1.60. The molecule has 2 aliphatic carbocycles. The van der Waals surface area contributed by atoms with E-state index in [9.17, 15) is 0 Å². The third-order valence-corrected chi connectivity index (χ3v) is 4.70. The third kappa shape index (κ3) is 2.14. The molecule has 3 heteroatoms. The molecule has 1 aromatic carbocycles. The van der Waals surface area contributed by atoms with E-state index >= 15 is 0 Å². The van der Waals surface area contributed by atoms with Gasteiger partial charge in [-0.1, -0.05) is 6.42 Å². The molecule has 0 heterocycles. The lowest BCUT2D eigenvalue weighted by Crippen LogP contribution is -2.20. The summed E-state index contributed by atoms with van der Waals surface area (Å²) in [7, 11) is 1.66. The van der Waals surface area contributed by atoms with Gasteiger partial charge >= 0.3 is 0 Å². The number of nitrogens with one attached hydrogen (secondary N) is 1. The highest BCUT2D eigenvalue weighted by Crippen LogP contribution is 2.48. The lowest BCUT2D eigenvalue weighted by molar-refractivity contribution is 0.348. The molecule has 2 fully saturated rings. The van der Waals surface area contributed by atoms with Gasteiger partial charge in [-0.25, -0.2) is 0 Å². The minimum absolute atomic E-state index is 0.775. The number of methoxy groups -OCH3 is 1. The van der Waals surface area contributed by atoms with Crippen molar-refractivity contribution in [1.82, 2.24) is 0 Å². The summed E-state index contributed by atoms with van der Waals surface area (Å²) in [5, 5.41) is 3.51. The average molecular weight is 246 g/mol. The van der Waals surface area contributed by atoms with E-state index in [0.717, 1.165) is 41.4 Å². The molecule has 0 amide bonds. The molecule has 0 radical (unpaired) electrons. The maximum absolute atomic E-state index is 6.02. The van der Waals surface area contributed by atoms with Crippen molar-refractivity contribution in [3.05, 3.63) is 18.2 Å². The normalized spacial score (nSPS) is 29.5. The number of nitrogen functional groups attached to an aromatic ring is 1. The molecule has 98 valence electrons. The van der Waals surface area contributed by atoms with E-state index in [4.69, 9.17) is 10.5 Å². The Morgan fingerprint density at radius 3 is 2.83 bits per heavy atom. The predicted molar refractivity (Wildman–Crippen MR) is 74.8 cm³/mol. The first-order valence-electron chi connectivity index (χ1n) is 6.93. The molecule has 2 bridgehead atoms. The van der Waals surface area contributed by atoms with Gasteiger partial charge in [0.2, 0.25) is 0 Å². The van der Waals surface area contributed by atoms with Crippen molar-refractivity contribution in [3.63, 3.8) is 0 Å². The molecule has 0 spiro atoms. The zero-order valence-corrected chi connectivity index (χ0v) is 11.0. The lowest BCUT2D eigenvalue weighted by atomic mass is 9.89. The van der Waals surface area contributed by atoms with Crippen LogP contribution in [0.4, 0.5) is 11.4 Å². The number of nitrogens with two attached hydrogens (primary N) is 1. The Kier molecular flexibility index (Phi) is 3.06. The number of rotatable bonds is 4. The van der Waals surface area contributed by atoms with Crippen molar-refractivity contribution in [1.29, 1.82) is 0 Å². The second kappa shape index (κ2) is 4.71. The van der Waals surface area contributed by atoms with Crippen LogP contribution in [0.5, 0.6) is 5.75 Å². The minimum atomic E-state index is 0.775. The van der Waals surface area contributed by atoms with Crippen LogP contribution in [0.15, 0.2) is 18.2 Å². The smallest absolute Gasteiger partial charge is 0.121 e. The van der Waals surface area contributed by atoms with Crippen molar-refractivity contribution >= 4 is 11.4 Å². The highest BCUT2D eigenvalue weighted by atomic mass is 16.5. The summed E-state index contributed by atoms with van der Waals surface area (Å²) in [6.07, 6.45) is 5.78. The summed E-state index contributed by atoms with van der Waals surface area (Å²) in [6.45, 7) is 1.07. The quantitative estimate of drug-likeness (QED) is 0.802. The fraction of sp³-hybridized carbons (Fsp3) is 0.600. The van der Waals surface area contributed by atoms with Crippen molar-refractivity contribution in [2.45, 2.75) is 25.7 Å². The number of anilines is 2. The van der Waals surface area contributed by atoms with Crippen molar-refractivity contribution in [2.75, 3.05) is 24.7 Å². The summed E-state index contributed by atoms with van der Waals surface area (Å²) >= 11 is 0. The van der Waals surface area contributed by atoms with Crippen LogP contribution in [0.3, 0.4) is 0 Å². The third-order valence-electron chi connectivity index (χ3n) is 4.70. The Labute approximate surface area is 109 Å². The average Bonchev–Trinajstić information content (AvgIpc) is 2.99. The van der Waals surface area contributed by atoms with Gasteiger partial charge in [-0.15, -0.1) is 0 Å². The fourth-order valence-electron chi connectivity index (χ4n) is 3.70. The highest BCUT2D eigenvalue weighted by molar-refractivity contribution is 5.68. The highest BCUT2D eigenvalue weighted by Gasteiger charge is 2.39. The van der Waals surface area contributed by atoms with Gasteiger partial charge in [-0.2, -0.15) is 0 Å². The van der Waals surface area contributed by atoms with Crippen LogP contribution in [0.25, 0.3) is 0 Å². The Morgan fingerprint density at radius 2 is 2.22 bits per heavy atom.